The fourth-order valence-corrected chi connectivity index (χ4v) is 3.52. The second-order valence-electron chi connectivity index (χ2n) is 6.85. The number of benzene rings is 2. The molecule has 8 nitrogen and oxygen atoms in total. The average Bonchev–Trinajstić information content (AvgIpc) is 2.75. The summed E-state index contributed by atoms with van der Waals surface area (Å²) in [7, 11) is 1.62. The molecule has 1 heterocycles. The molecule has 0 unspecified atom stereocenters. The number of nitro benzene ring substituents is 1. The summed E-state index contributed by atoms with van der Waals surface area (Å²) < 4.78 is 10.7. The molecule has 0 aromatic heterocycles. The van der Waals surface area contributed by atoms with Crippen LogP contribution in [0.15, 0.2) is 42.5 Å². The smallest absolute Gasteiger partial charge is 0.273 e. The van der Waals surface area contributed by atoms with Crippen molar-refractivity contribution in [1.29, 1.82) is 0 Å². The van der Waals surface area contributed by atoms with Crippen molar-refractivity contribution in [2.75, 3.05) is 40.0 Å². The Kier molecular flexibility index (Phi) is 6.79. The molecular weight excluding hydrogens is 374 g/mol. The second kappa shape index (κ2) is 9.49. The molecule has 1 aliphatic heterocycles. The van der Waals surface area contributed by atoms with Crippen LogP contribution in [-0.4, -0.2) is 55.7 Å². The topological polar surface area (TPSA) is 93.9 Å². The van der Waals surface area contributed by atoms with Gasteiger partial charge in [-0.3, -0.25) is 19.8 Å². The van der Waals surface area contributed by atoms with E-state index in [0.717, 1.165) is 24.4 Å². The van der Waals surface area contributed by atoms with E-state index in [4.69, 9.17) is 9.47 Å². The summed E-state index contributed by atoms with van der Waals surface area (Å²) in [6, 6.07) is 12.3. The van der Waals surface area contributed by atoms with Gasteiger partial charge >= 0.3 is 0 Å². The highest BCUT2D eigenvalue weighted by atomic mass is 16.6. The second-order valence-corrected chi connectivity index (χ2v) is 6.85. The number of nitro groups is 1. The minimum absolute atomic E-state index is 0.0345. The lowest BCUT2D eigenvalue weighted by Crippen LogP contribution is -2.43. The molecule has 0 saturated carbocycles. The molecule has 1 N–H and O–H groups in total. The Bertz CT molecular complexity index is 863. The third-order valence-electron chi connectivity index (χ3n) is 5.19. The van der Waals surface area contributed by atoms with Crippen molar-refractivity contribution in [2.24, 2.45) is 0 Å². The first-order valence-electron chi connectivity index (χ1n) is 9.49. The highest BCUT2D eigenvalue weighted by molar-refractivity contribution is 5.96. The van der Waals surface area contributed by atoms with Crippen LogP contribution in [0.4, 0.5) is 5.69 Å². The van der Waals surface area contributed by atoms with Crippen LogP contribution in [0.1, 0.15) is 27.5 Å². The van der Waals surface area contributed by atoms with E-state index in [9.17, 15) is 14.9 Å². The predicted octanol–water partition coefficient (Wildman–Crippen LogP) is 2.72. The Balaban J connectivity index is 1.78. The van der Waals surface area contributed by atoms with Crippen LogP contribution in [0.2, 0.25) is 0 Å². The molecule has 1 saturated heterocycles. The van der Waals surface area contributed by atoms with Crippen molar-refractivity contribution in [2.45, 2.75) is 13.0 Å². The van der Waals surface area contributed by atoms with Crippen molar-refractivity contribution in [3.05, 3.63) is 69.3 Å². The standard InChI is InChI=1S/C21H25N3O5/c1-15-18(4-3-5-19(15)24(26)27)21(25)22-14-20(23-10-12-29-13-11-23)16-6-8-17(28-2)9-7-16/h3-9,20H,10-14H2,1-2H3,(H,22,25)/t20-/m0/s1. The van der Waals surface area contributed by atoms with Gasteiger partial charge in [-0.2, -0.15) is 0 Å². The van der Waals surface area contributed by atoms with Gasteiger partial charge in [-0.15, -0.1) is 0 Å². The molecule has 0 aliphatic carbocycles. The first kappa shape index (κ1) is 20.8. The van der Waals surface area contributed by atoms with Gasteiger partial charge in [0.2, 0.25) is 0 Å². The number of methoxy groups -OCH3 is 1. The van der Waals surface area contributed by atoms with Gasteiger partial charge in [-0.1, -0.05) is 18.2 Å². The monoisotopic (exact) mass is 399 g/mol. The van der Waals surface area contributed by atoms with E-state index in [2.05, 4.69) is 10.2 Å². The number of ether oxygens (including phenoxy) is 2. The zero-order valence-corrected chi connectivity index (χ0v) is 16.6. The highest BCUT2D eigenvalue weighted by Crippen LogP contribution is 2.25. The summed E-state index contributed by atoms with van der Waals surface area (Å²) in [5.41, 5.74) is 1.68. The van der Waals surface area contributed by atoms with E-state index >= 15 is 0 Å². The minimum Gasteiger partial charge on any atom is -0.497 e. The van der Waals surface area contributed by atoms with Crippen molar-refractivity contribution in [3.63, 3.8) is 0 Å². The molecule has 0 radical (unpaired) electrons. The zero-order valence-electron chi connectivity index (χ0n) is 16.6. The maximum absolute atomic E-state index is 12.8. The van der Waals surface area contributed by atoms with E-state index in [-0.39, 0.29) is 17.6 Å². The van der Waals surface area contributed by atoms with Crippen LogP contribution in [0.5, 0.6) is 5.75 Å². The third-order valence-corrected chi connectivity index (χ3v) is 5.19. The Morgan fingerprint density at radius 3 is 2.55 bits per heavy atom. The van der Waals surface area contributed by atoms with Gasteiger partial charge in [0.15, 0.2) is 0 Å². The number of rotatable bonds is 7. The number of carbonyl (C=O) groups excluding carboxylic acids is 1. The maximum atomic E-state index is 12.8. The fraction of sp³-hybridized carbons (Fsp3) is 0.381. The first-order valence-corrected chi connectivity index (χ1v) is 9.49. The number of hydrogen-bond acceptors (Lipinski definition) is 6. The van der Waals surface area contributed by atoms with Gasteiger partial charge in [0.05, 0.1) is 31.3 Å². The van der Waals surface area contributed by atoms with Crippen molar-refractivity contribution in [1.82, 2.24) is 10.2 Å². The molecule has 29 heavy (non-hydrogen) atoms. The molecule has 3 rings (SSSR count). The molecule has 2 aromatic rings. The number of amides is 1. The molecule has 1 amide bonds. The van der Waals surface area contributed by atoms with Crippen LogP contribution in [-0.2, 0) is 4.74 Å². The van der Waals surface area contributed by atoms with E-state index in [1.807, 2.05) is 24.3 Å². The van der Waals surface area contributed by atoms with Crippen molar-refractivity contribution < 1.29 is 19.2 Å². The Morgan fingerprint density at radius 1 is 1.24 bits per heavy atom. The van der Waals surface area contributed by atoms with Gasteiger partial charge in [-0.05, 0) is 30.7 Å². The van der Waals surface area contributed by atoms with Crippen LogP contribution >= 0.6 is 0 Å². The highest BCUT2D eigenvalue weighted by Gasteiger charge is 2.24. The summed E-state index contributed by atoms with van der Waals surface area (Å²) in [6.07, 6.45) is 0. The van der Waals surface area contributed by atoms with Gasteiger partial charge in [0.25, 0.3) is 11.6 Å². The number of nitrogens with zero attached hydrogens (tertiary/aromatic N) is 2. The summed E-state index contributed by atoms with van der Waals surface area (Å²) in [4.78, 5) is 25.7. The summed E-state index contributed by atoms with van der Waals surface area (Å²) >= 11 is 0. The zero-order chi connectivity index (χ0) is 20.8. The van der Waals surface area contributed by atoms with E-state index in [1.165, 1.54) is 12.1 Å². The van der Waals surface area contributed by atoms with Crippen LogP contribution in [0.25, 0.3) is 0 Å². The van der Waals surface area contributed by atoms with Gasteiger partial charge < -0.3 is 14.8 Å². The lowest BCUT2D eigenvalue weighted by molar-refractivity contribution is -0.385. The lowest BCUT2D eigenvalue weighted by Gasteiger charge is -2.35. The Morgan fingerprint density at radius 2 is 1.93 bits per heavy atom. The average molecular weight is 399 g/mol. The minimum atomic E-state index is -0.472. The molecule has 2 aromatic carbocycles. The van der Waals surface area contributed by atoms with Gasteiger partial charge in [-0.25, -0.2) is 0 Å². The summed E-state index contributed by atoms with van der Waals surface area (Å²) in [6.45, 7) is 4.79. The van der Waals surface area contributed by atoms with Crippen molar-refractivity contribution in [3.8, 4) is 5.75 Å². The third kappa shape index (κ3) is 4.90. The SMILES string of the molecule is COc1ccc([C@H](CNC(=O)c2cccc([N+](=O)[O-])c2C)N2CCOCC2)cc1. The van der Waals surface area contributed by atoms with Crippen LogP contribution in [0, 0.1) is 17.0 Å². The molecule has 8 heteroatoms. The molecule has 0 bridgehead atoms. The largest absolute Gasteiger partial charge is 0.497 e. The van der Waals surface area contributed by atoms with E-state index < -0.39 is 4.92 Å². The Hall–Kier alpha value is -2.97. The number of hydrogen-bond donors (Lipinski definition) is 1. The molecular formula is C21H25N3O5. The fourth-order valence-electron chi connectivity index (χ4n) is 3.52. The van der Waals surface area contributed by atoms with Crippen LogP contribution in [0.3, 0.4) is 0 Å². The molecule has 0 spiro atoms. The van der Waals surface area contributed by atoms with E-state index in [0.29, 0.717) is 30.9 Å². The summed E-state index contributed by atoms with van der Waals surface area (Å²) in [5.74, 6) is 0.448. The maximum Gasteiger partial charge on any atom is 0.273 e. The molecule has 1 aliphatic rings. The van der Waals surface area contributed by atoms with Crippen LogP contribution < -0.4 is 10.1 Å². The quantitative estimate of drug-likeness (QED) is 0.568. The number of nitrogens with one attached hydrogen (secondary N) is 1. The molecule has 1 fully saturated rings. The molecule has 154 valence electrons. The number of carbonyl (C=O) groups is 1. The summed E-state index contributed by atoms with van der Waals surface area (Å²) in [5, 5.41) is 14.1. The normalized spacial score (nSPS) is 15.5. The van der Waals surface area contributed by atoms with E-state index in [1.54, 1.807) is 20.1 Å². The van der Waals surface area contributed by atoms with Gasteiger partial charge in [0, 0.05) is 36.8 Å². The number of morpholine rings is 1. The van der Waals surface area contributed by atoms with Crippen molar-refractivity contribution >= 4 is 11.6 Å². The molecule has 1 atom stereocenters. The predicted molar refractivity (Wildman–Crippen MR) is 108 cm³/mol. The first-order chi connectivity index (χ1) is 14.0. The Labute approximate surface area is 169 Å². The lowest BCUT2D eigenvalue weighted by atomic mass is 10.0. The van der Waals surface area contributed by atoms with Gasteiger partial charge in [0.1, 0.15) is 5.75 Å².